The van der Waals surface area contributed by atoms with Gasteiger partial charge in [0, 0.05) is 25.3 Å². The molecule has 0 aromatic carbocycles. The van der Waals surface area contributed by atoms with E-state index in [2.05, 4.69) is 46.8 Å². The highest BCUT2D eigenvalue weighted by Crippen LogP contribution is 2.23. The Bertz CT molecular complexity index is 450. The molecule has 1 aliphatic heterocycles. The van der Waals surface area contributed by atoms with E-state index in [4.69, 9.17) is 0 Å². The highest BCUT2D eigenvalue weighted by atomic mass is 79.9. The van der Waals surface area contributed by atoms with Gasteiger partial charge in [0.1, 0.15) is 4.60 Å². The normalized spacial score (nSPS) is 23.7. The van der Waals surface area contributed by atoms with E-state index in [0.29, 0.717) is 22.1 Å². The van der Waals surface area contributed by atoms with Crippen molar-refractivity contribution in [2.24, 2.45) is 5.92 Å². The molecule has 98 valence electrons. The van der Waals surface area contributed by atoms with Crippen molar-refractivity contribution < 1.29 is 4.79 Å². The maximum atomic E-state index is 12.4. The number of rotatable bonds is 2. The molecule has 1 saturated heterocycles. The molecule has 1 fully saturated rings. The van der Waals surface area contributed by atoms with Gasteiger partial charge in [-0.25, -0.2) is 4.98 Å². The van der Waals surface area contributed by atoms with E-state index in [1.54, 1.807) is 12.3 Å². The summed E-state index contributed by atoms with van der Waals surface area (Å²) in [5, 5.41) is 0. The number of halogens is 1. The second-order valence-corrected chi connectivity index (χ2v) is 5.81. The largest absolute Gasteiger partial charge is 0.337 e. The van der Waals surface area contributed by atoms with Crippen molar-refractivity contribution in [3.05, 3.63) is 28.5 Å². The standard InChI is InChI=1S/C13H18BrN3O/c1-9-7-17(8-11(9)16(2)3)13(18)10-5-4-6-15-12(10)14/h4-6,9,11H,7-8H2,1-3H3. The first-order chi connectivity index (χ1) is 8.50. The minimum Gasteiger partial charge on any atom is -0.337 e. The minimum atomic E-state index is 0.0613. The molecule has 0 aliphatic carbocycles. The van der Waals surface area contributed by atoms with Crippen molar-refractivity contribution in [2.75, 3.05) is 27.2 Å². The van der Waals surface area contributed by atoms with Gasteiger partial charge in [0.2, 0.25) is 0 Å². The van der Waals surface area contributed by atoms with Crippen molar-refractivity contribution in [1.82, 2.24) is 14.8 Å². The molecule has 0 bridgehead atoms. The third-order valence-electron chi connectivity index (χ3n) is 3.51. The van der Waals surface area contributed by atoms with Crippen LogP contribution < -0.4 is 0 Å². The highest BCUT2D eigenvalue weighted by molar-refractivity contribution is 9.10. The maximum absolute atomic E-state index is 12.4. The second-order valence-electron chi connectivity index (χ2n) is 5.06. The highest BCUT2D eigenvalue weighted by Gasteiger charge is 2.34. The third-order valence-corrected chi connectivity index (χ3v) is 4.14. The molecule has 0 radical (unpaired) electrons. The topological polar surface area (TPSA) is 36.4 Å². The summed E-state index contributed by atoms with van der Waals surface area (Å²) in [7, 11) is 4.13. The van der Waals surface area contributed by atoms with Gasteiger partial charge in [-0.05, 0) is 48.1 Å². The first-order valence-electron chi connectivity index (χ1n) is 6.07. The molecule has 0 saturated carbocycles. The fraction of sp³-hybridized carbons (Fsp3) is 0.538. The minimum absolute atomic E-state index is 0.0613. The van der Waals surface area contributed by atoms with Crippen LogP contribution in [0.25, 0.3) is 0 Å². The molecule has 4 nitrogen and oxygen atoms in total. The predicted molar refractivity (Wildman–Crippen MR) is 74.5 cm³/mol. The molecule has 1 amide bonds. The summed E-state index contributed by atoms with van der Waals surface area (Å²) in [6.45, 7) is 3.79. The number of likely N-dealkylation sites (tertiary alicyclic amines) is 1. The number of nitrogens with zero attached hydrogens (tertiary/aromatic N) is 3. The summed E-state index contributed by atoms with van der Waals surface area (Å²) in [6, 6.07) is 4.04. The van der Waals surface area contributed by atoms with Gasteiger partial charge >= 0.3 is 0 Å². The van der Waals surface area contributed by atoms with Crippen LogP contribution in [0.2, 0.25) is 0 Å². The second kappa shape index (κ2) is 5.36. The summed E-state index contributed by atoms with van der Waals surface area (Å²) in [5.74, 6) is 0.561. The molecule has 2 atom stereocenters. The van der Waals surface area contributed by atoms with Gasteiger partial charge in [0.25, 0.3) is 5.91 Å². The lowest BCUT2D eigenvalue weighted by molar-refractivity contribution is 0.0780. The zero-order valence-corrected chi connectivity index (χ0v) is 12.5. The molecule has 5 heteroatoms. The van der Waals surface area contributed by atoms with Gasteiger partial charge in [-0.2, -0.15) is 0 Å². The fourth-order valence-corrected chi connectivity index (χ4v) is 2.92. The molecule has 2 unspecified atom stereocenters. The van der Waals surface area contributed by atoms with E-state index in [0.717, 1.165) is 13.1 Å². The van der Waals surface area contributed by atoms with Crippen LogP contribution in [0.3, 0.4) is 0 Å². The molecular formula is C13H18BrN3O. The summed E-state index contributed by atoms with van der Waals surface area (Å²) in [6.07, 6.45) is 1.68. The molecule has 0 N–H and O–H groups in total. The van der Waals surface area contributed by atoms with Crippen LogP contribution in [0.15, 0.2) is 22.9 Å². The zero-order chi connectivity index (χ0) is 13.3. The van der Waals surface area contributed by atoms with Crippen LogP contribution in [0.4, 0.5) is 0 Å². The lowest BCUT2D eigenvalue weighted by atomic mass is 10.1. The van der Waals surface area contributed by atoms with E-state index in [9.17, 15) is 4.79 Å². The molecule has 18 heavy (non-hydrogen) atoms. The number of carbonyl (C=O) groups excluding carboxylic acids is 1. The van der Waals surface area contributed by atoms with Crippen LogP contribution in [-0.4, -0.2) is 53.9 Å². The molecule has 0 spiro atoms. The quantitative estimate of drug-likeness (QED) is 0.782. The summed E-state index contributed by atoms with van der Waals surface area (Å²) >= 11 is 3.33. The van der Waals surface area contributed by atoms with E-state index in [-0.39, 0.29) is 5.91 Å². The van der Waals surface area contributed by atoms with Crippen LogP contribution in [0.5, 0.6) is 0 Å². The molecule has 1 aromatic heterocycles. The molecule has 1 aliphatic rings. The Morgan fingerprint density at radius 2 is 2.22 bits per heavy atom. The Morgan fingerprint density at radius 1 is 1.50 bits per heavy atom. The molecular weight excluding hydrogens is 294 g/mol. The van der Waals surface area contributed by atoms with Crippen molar-refractivity contribution >= 4 is 21.8 Å². The average Bonchev–Trinajstić information content (AvgIpc) is 2.71. The van der Waals surface area contributed by atoms with E-state index in [1.165, 1.54) is 0 Å². The number of likely N-dealkylation sites (N-methyl/N-ethyl adjacent to an activating group) is 1. The van der Waals surface area contributed by atoms with E-state index >= 15 is 0 Å². The van der Waals surface area contributed by atoms with Gasteiger partial charge < -0.3 is 9.80 Å². The van der Waals surface area contributed by atoms with Gasteiger partial charge in [0.05, 0.1) is 5.56 Å². The van der Waals surface area contributed by atoms with Crippen molar-refractivity contribution in [2.45, 2.75) is 13.0 Å². The first kappa shape index (κ1) is 13.5. The maximum Gasteiger partial charge on any atom is 0.256 e. The van der Waals surface area contributed by atoms with Gasteiger partial charge in [-0.1, -0.05) is 6.92 Å². The lowest BCUT2D eigenvalue weighted by Gasteiger charge is -2.22. The van der Waals surface area contributed by atoms with Crippen molar-refractivity contribution in [1.29, 1.82) is 0 Å². The monoisotopic (exact) mass is 311 g/mol. The van der Waals surface area contributed by atoms with E-state index in [1.807, 2.05) is 11.0 Å². The van der Waals surface area contributed by atoms with Gasteiger partial charge in [0.15, 0.2) is 0 Å². The number of amides is 1. The number of pyridine rings is 1. The summed E-state index contributed by atoms with van der Waals surface area (Å²) in [4.78, 5) is 20.6. The molecule has 1 aromatic rings. The van der Waals surface area contributed by atoms with E-state index < -0.39 is 0 Å². The zero-order valence-electron chi connectivity index (χ0n) is 10.9. The fourth-order valence-electron chi connectivity index (χ4n) is 2.50. The summed E-state index contributed by atoms with van der Waals surface area (Å²) < 4.78 is 0.621. The van der Waals surface area contributed by atoms with Crippen molar-refractivity contribution in [3.8, 4) is 0 Å². The predicted octanol–water partition coefficient (Wildman–Crippen LogP) is 1.87. The van der Waals surface area contributed by atoms with Gasteiger partial charge in [-0.15, -0.1) is 0 Å². The number of hydrogen-bond donors (Lipinski definition) is 0. The average molecular weight is 312 g/mol. The summed E-state index contributed by atoms with van der Waals surface area (Å²) in [5.41, 5.74) is 0.643. The Balaban J connectivity index is 2.15. The van der Waals surface area contributed by atoms with Crippen LogP contribution in [-0.2, 0) is 0 Å². The van der Waals surface area contributed by atoms with Crippen LogP contribution in [0, 0.1) is 5.92 Å². The Kier molecular flexibility index (Phi) is 4.02. The number of aromatic nitrogens is 1. The van der Waals surface area contributed by atoms with Gasteiger partial charge in [-0.3, -0.25) is 4.79 Å². The SMILES string of the molecule is CC1CN(C(=O)c2cccnc2Br)CC1N(C)C. The Labute approximate surface area is 116 Å². The number of carbonyl (C=O) groups is 1. The molecule has 2 rings (SSSR count). The van der Waals surface area contributed by atoms with Crippen molar-refractivity contribution in [3.63, 3.8) is 0 Å². The van der Waals surface area contributed by atoms with Crippen LogP contribution >= 0.6 is 15.9 Å². The Hall–Kier alpha value is -0.940. The Morgan fingerprint density at radius 3 is 2.78 bits per heavy atom. The van der Waals surface area contributed by atoms with Crippen LogP contribution in [0.1, 0.15) is 17.3 Å². The lowest BCUT2D eigenvalue weighted by Crippen LogP contribution is -2.35. The first-order valence-corrected chi connectivity index (χ1v) is 6.86. The molecule has 2 heterocycles. The smallest absolute Gasteiger partial charge is 0.256 e. The number of hydrogen-bond acceptors (Lipinski definition) is 3. The third kappa shape index (κ3) is 2.57.